The number of ether oxygens (including phenoxy) is 1. The van der Waals surface area contributed by atoms with E-state index in [4.69, 9.17) is 0 Å². The molecule has 0 aliphatic rings. The highest BCUT2D eigenvalue weighted by Gasteiger charge is 2.21. The number of carbonyl (C=O) groups is 1. The van der Waals surface area contributed by atoms with Gasteiger partial charge in [0, 0.05) is 18.2 Å². The fourth-order valence-electron chi connectivity index (χ4n) is 2.12. The van der Waals surface area contributed by atoms with E-state index in [9.17, 15) is 4.79 Å². The van der Waals surface area contributed by atoms with Gasteiger partial charge in [-0.2, -0.15) is 0 Å². The average molecular weight is 261 g/mol. The Balaban J connectivity index is 2.47. The van der Waals surface area contributed by atoms with E-state index in [1.54, 1.807) is 0 Å². The number of aromatic nitrogens is 2. The van der Waals surface area contributed by atoms with E-state index in [0.717, 1.165) is 16.9 Å². The summed E-state index contributed by atoms with van der Waals surface area (Å²) in [4.78, 5) is 15.8. The third-order valence-corrected chi connectivity index (χ3v) is 2.98. The first-order valence-electron chi connectivity index (χ1n) is 6.15. The topological polar surface area (TPSA) is 56.1 Å². The summed E-state index contributed by atoms with van der Waals surface area (Å²) in [7, 11) is 3.34. The SMILES string of the molecule is COC(=O)Nc1ccc2c(c1)nc(C(C)(C)C)n2C. The van der Waals surface area contributed by atoms with Gasteiger partial charge >= 0.3 is 6.09 Å². The third kappa shape index (κ3) is 2.54. The molecule has 1 aromatic carbocycles. The molecular formula is C14H19N3O2. The number of rotatable bonds is 1. The maximum atomic E-state index is 11.2. The van der Waals surface area contributed by atoms with Crippen LogP contribution in [0.4, 0.5) is 10.5 Å². The number of methoxy groups -OCH3 is 1. The highest BCUT2D eigenvalue weighted by atomic mass is 16.5. The molecule has 0 bridgehead atoms. The number of nitrogens with one attached hydrogen (secondary N) is 1. The molecule has 102 valence electrons. The van der Waals surface area contributed by atoms with E-state index in [0.29, 0.717) is 5.69 Å². The minimum atomic E-state index is -0.480. The Hall–Kier alpha value is -2.04. The van der Waals surface area contributed by atoms with Gasteiger partial charge in [0.25, 0.3) is 0 Å². The van der Waals surface area contributed by atoms with Crippen LogP contribution in [0.3, 0.4) is 0 Å². The molecule has 0 aliphatic heterocycles. The normalized spacial score (nSPS) is 11.6. The van der Waals surface area contributed by atoms with Gasteiger partial charge in [-0.05, 0) is 18.2 Å². The Bertz CT molecular complexity index is 623. The molecule has 2 aromatic rings. The smallest absolute Gasteiger partial charge is 0.411 e. The molecule has 1 amide bonds. The fraction of sp³-hybridized carbons (Fsp3) is 0.429. The van der Waals surface area contributed by atoms with Crippen LogP contribution in [0.15, 0.2) is 18.2 Å². The molecule has 1 N–H and O–H groups in total. The van der Waals surface area contributed by atoms with E-state index >= 15 is 0 Å². The van der Waals surface area contributed by atoms with Gasteiger partial charge in [-0.25, -0.2) is 9.78 Å². The summed E-state index contributed by atoms with van der Waals surface area (Å²) in [6.45, 7) is 6.38. The molecule has 0 spiro atoms. The van der Waals surface area contributed by atoms with E-state index < -0.39 is 6.09 Å². The number of anilines is 1. The second kappa shape index (κ2) is 4.57. The molecule has 0 atom stereocenters. The summed E-state index contributed by atoms with van der Waals surface area (Å²) in [5.74, 6) is 1.01. The summed E-state index contributed by atoms with van der Waals surface area (Å²) in [5, 5.41) is 2.64. The van der Waals surface area contributed by atoms with E-state index in [1.807, 2.05) is 25.2 Å². The Morgan fingerprint density at radius 1 is 1.37 bits per heavy atom. The number of carbonyl (C=O) groups excluding carboxylic acids is 1. The molecule has 19 heavy (non-hydrogen) atoms. The predicted octanol–water partition coefficient (Wildman–Crippen LogP) is 3.05. The van der Waals surface area contributed by atoms with E-state index in [2.05, 4.69) is 40.4 Å². The number of aryl methyl sites for hydroxylation is 1. The summed E-state index contributed by atoms with van der Waals surface area (Å²) in [6, 6.07) is 5.64. The lowest BCUT2D eigenvalue weighted by atomic mass is 9.96. The van der Waals surface area contributed by atoms with Crippen LogP contribution in [0.1, 0.15) is 26.6 Å². The molecule has 0 aliphatic carbocycles. The van der Waals surface area contributed by atoms with Crippen LogP contribution in [-0.4, -0.2) is 22.8 Å². The molecule has 1 heterocycles. The molecule has 0 saturated carbocycles. The highest BCUT2D eigenvalue weighted by molar-refractivity contribution is 5.88. The van der Waals surface area contributed by atoms with Gasteiger partial charge in [0.2, 0.25) is 0 Å². The number of amides is 1. The Morgan fingerprint density at radius 2 is 2.05 bits per heavy atom. The van der Waals surface area contributed by atoms with Gasteiger partial charge in [0.05, 0.1) is 18.1 Å². The predicted molar refractivity (Wildman–Crippen MR) is 75.4 cm³/mol. The van der Waals surface area contributed by atoms with Crippen molar-refractivity contribution in [1.29, 1.82) is 0 Å². The van der Waals surface area contributed by atoms with Gasteiger partial charge in [-0.15, -0.1) is 0 Å². The van der Waals surface area contributed by atoms with E-state index in [1.165, 1.54) is 7.11 Å². The number of nitrogens with zero attached hydrogens (tertiary/aromatic N) is 2. The Labute approximate surface area is 112 Å². The quantitative estimate of drug-likeness (QED) is 0.858. The van der Waals surface area contributed by atoms with E-state index in [-0.39, 0.29) is 5.41 Å². The summed E-state index contributed by atoms with van der Waals surface area (Å²) >= 11 is 0. The minimum Gasteiger partial charge on any atom is -0.453 e. The summed E-state index contributed by atoms with van der Waals surface area (Å²) < 4.78 is 6.65. The first-order valence-corrected chi connectivity index (χ1v) is 6.15. The minimum absolute atomic E-state index is 0.0241. The highest BCUT2D eigenvalue weighted by Crippen LogP contribution is 2.26. The van der Waals surface area contributed by atoms with Crippen LogP contribution in [0.25, 0.3) is 11.0 Å². The molecule has 0 radical (unpaired) electrons. The van der Waals surface area contributed by atoms with Crippen LogP contribution in [0.2, 0.25) is 0 Å². The molecule has 5 heteroatoms. The zero-order valence-electron chi connectivity index (χ0n) is 11.9. The summed E-state index contributed by atoms with van der Waals surface area (Å²) in [6.07, 6.45) is -0.480. The van der Waals surface area contributed by atoms with Crippen molar-refractivity contribution in [3.05, 3.63) is 24.0 Å². The Morgan fingerprint density at radius 3 is 2.63 bits per heavy atom. The number of fused-ring (bicyclic) bond motifs is 1. The maximum Gasteiger partial charge on any atom is 0.411 e. The maximum absolute atomic E-state index is 11.2. The first kappa shape index (κ1) is 13.4. The second-order valence-electron chi connectivity index (χ2n) is 5.56. The van der Waals surface area contributed by atoms with Crippen LogP contribution in [0, 0.1) is 0 Å². The molecule has 0 saturated heterocycles. The lowest BCUT2D eigenvalue weighted by molar-refractivity contribution is 0.187. The molecule has 2 rings (SSSR count). The van der Waals surface area contributed by atoms with Crippen LogP contribution >= 0.6 is 0 Å². The largest absolute Gasteiger partial charge is 0.453 e. The number of hydrogen-bond acceptors (Lipinski definition) is 3. The number of imidazole rings is 1. The molecular weight excluding hydrogens is 242 g/mol. The van der Waals surface area contributed by atoms with Crippen LogP contribution in [-0.2, 0) is 17.2 Å². The van der Waals surface area contributed by atoms with Crippen LogP contribution < -0.4 is 5.32 Å². The van der Waals surface area contributed by atoms with Crippen molar-refractivity contribution < 1.29 is 9.53 Å². The molecule has 1 aromatic heterocycles. The fourth-order valence-corrected chi connectivity index (χ4v) is 2.12. The lowest BCUT2D eigenvalue weighted by Gasteiger charge is -2.17. The first-order chi connectivity index (χ1) is 8.82. The van der Waals surface area contributed by atoms with Crippen molar-refractivity contribution in [1.82, 2.24) is 9.55 Å². The number of benzene rings is 1. The average Bonchev–Trinajstić information content (AvgIpc) is 2.66. The van der Waals surface area contributed by atoms with Crippen molar-refractivity contribution in [2.75, 3.05) is 12.4 Å². The zero-order valence-corrected chi connectivity index (χ0v) is 11.9. The van der Waals surface area contributed by atoms with Crippen molar-refractivity contribution in [2.24, 2.45) is 7.05 Å². The summed E-state index contributed by atoms with van der Waals surface area (Å²) in [5.41, 5.74) is 2.56. The monoisotopic (exact) mass is 261 g/mol. The molecule has 5 nitrogen and oxygen atoms in total. The van der Waals surface area contributed by atoms with Crippen molar-refractivity contribution in [2.45, 2.75) is 26.2 Å². The Kier molecular flexibility index (Phi) is 3.22. The lowest BCUT2D eigenvalue weighted by Crippen LogP contribution is -2.17. The zero-order chi connectivity index (χ0) is 14.2. The van der Waals surface area contributed by atoms with Gasteiger partial charge in [-0.3, -0.25) is 5.32 Å². The van der Waals surface area contributed by atoms with Crippen molar-refractivity contribution in [3.8, 4) is 0 Å². The van der Waals surface area contributed by atoms with Crippen molar-refractivity contribution in [3.63, 3.8) is 0 Å². The molecule has 0 fully saturated rings. The van der Waals surface area contributed by atoms with Gasteiger partial charge in [0.1, 0.15) is 5.82 Å². The second-order valence-corrected chi connectivity index (χ2v) is 5.56. The number of hydrogen-bond donors (Lipinski definition) is 1. The molecule has 0 unspecified atom stereocenters. The van der Waals surface area contributed by atoms with Crippen molar-refractivity contribution >= 4 is 22.8 Å². The van der Waals surface area contributed by atoms with Gasteiger partial charge < -0.3 is 9.30 Å². The standard InChI is InChI=1S/C14H19N3O2/c1-14(2,3)12-16-10-8-9(15-13(18)19-5)6-7-11(10)17(12)4/h6-8H,1-5H3,(H,15,18). The van der Waals surface area contributed by atoms with Gasteiger partial charge in [-0.1, -0.05) is 20.8 Å². The third-order valence-electron chi connectivity index (χ3n) is 2.98. The van der Waals surface area contributed by atoms with Crippen LogP contribution in [0.5, 0.6) is 0 Å². The van der Waals surface area contributed by atoms with Gasteiger partial charge in [0.15, 0.2) is 0 Å².